The molecule has 0 aliphatic heterocycles. The predicted octanol–water partition coefficient (Wildman–Crippen LogP) is 1.19. The molecule has 0 spiro atoms. The first kappa shape index (κ1) is 6.42. The number of aromatic nitrogens is 3. The zero-order valence-electron chi connectivity index (χ0n) is 5.50. The third-order valence-corrected chi connectivity index (χ3v) is 1.59. The van der Waals surface area contributed by atoms with Gasteiger partial charge in [0.15, 0.2) is 5.65 Å². The quantitative estimate of drug-likeness (QED) is 0.581. The summed E-state index contributed by atoms with van der Waals surface area (Å²) in [7, 11) is 0. The first-order chi connectivity index (χ1) is 5.27. The van der Waals surface area contributed by atoms with Crippen LogP contribution in [0.1, 0.15) is 0 Å². The van der Waals surface area contributed by atoms with Crippen molar-refractivity contribution in [3.8, 4) is 0 Å². The summed E-state index contributed by atoms with van der Waals surface area (Å²) in [6.07, 6.45) is 1.53. The van der Waals surface area contributed by atoms with Crippen LogP contribution in [0.5, 0.6) is 0 Å². The van der Waals surface area contributed by atoms with Gasteiger partial charge in [0, 0.05) is 6.07 Å². The molecule has 2 aromatic rings. The minimum absolute atomic E-state index is 0.363. The number of aromatic amines is 1. The van der Waals surface area contributed by atoms with Crippen LogP contribution >= 0.6 is 11.6 Å². The molecule has 0 fully saturated rings. The Balaban J connectivity index is 2.91. The predicted molar refractivity (Wildman–Crippen MR) is 43.3 cm³/mol. The molecule has 0 aliphatic carbocycles. The summed E-state index contributed by atoms with van der Waals surface area (Å²) in [4.78, 5) is 10.7. The number of halogens is 1. The number of nitrogens with one attached hydrogen (secondary N) is 1. The molecule has 0 amide bonds. The number of pyridine rings is 1. The van der Waals surface area contributed by atoms with Crippen LogP contribution in [0.25, 0.3) is 11.2 Å². The van der Waals surface area contributed by atoms with Crippen LogP contribution in [0.15, 0.2) is 12.4 Å². The van der Waals surface area contributed by atoms with E-state index >= 15 is 0 Å². The highest BCUT2D eigenvalue weighted by molar-refractivity contribution is 6.30. The van der Waals surface area contributed by atoms with Crippen molar-refractivity contribution in [1.29, 1.82) is 0 Å². The summed E-state index contributed by atoms with van der Waals surface area (Å²) < 4.78 is 0. The van der Waals surface area contributed by atoms with E-state index in [1.165, 1.54) is 6.33 Å². The molecule has 0 saturated heterocycles. The Kier molecular flexibility index (Phi) is 1.22. The molecule has 5 heteroatoms. The van der Waals surface area contributed by atoms with Crippen LogP contribution in [0.2, 0.25) is 5.15 Å². The van der Waals surface area contributed by atoms with E-state index in [4.69, 9.17) is 17.3 Å². The maximum Gasteiger partial charge on any atom is 0.180 e. The summed E-state index contributed by atoms with van der Waals surface area (Å²) in [5.41, 5.74) is 7.45. The average molecular weight is 169 g/mol. The van der Waals surface area contributed by atoms with E-state index in [1.54, 1.807) is 6.07 Å². The largest absolute Gasteiger partial charge is 0.397 e. The minimum Gasteiger partial charge on any atom is -0.397 e. The van der Waals surface area contributed by atoms with Gasteiger partial charge >= 0.3 is 0 Å². The van der Waals surface area contributed by atoms with Crippen LogP contribution in [0, 0.1) is 0 Å². The van der Waals surface area contributed by atoms with Gasteiger partial charge < -0.3 is 10.7 Å². The Labute approximate surface area is 67.4 Å². The van der Waals surface area contributed by atoms with Crippen LogP contribution in [-0.4, -0.2) is 15.0 Å². The van der Waals surface area contributed by atoms with Gasteiger partial charge in [-0.05, 0) is 0 Å². The standard InChI is InChI=1S/C6H5ClN4/c7-4-1-3(8)5-6(11-4)10-2-9-5/h1-2H,(H3,8,9,10,11). The summed E-state index contributed by atoms with van der Waals surface area (Å²) >= 11 is 5.64. The number of nitrogens with zero attached hydrogens (tertiary/aromatic N) is 2. The smallest absolute Gasteiger partial charge is 0.180 e. The van der Waals surface area contributed by atoms with Crippen LogP contribution in [0.3, 0.4) is 0 Å². The highest BCUT2D eigenvalue weighted by Gasteiger charge is 2.02. The van der Waals surface area contributed by atoms with Crippen LogP contribution in [0.4, 0.5) is 5.69 Å². The minimum atomic E-state index is 0.363. The number of anilines is 1. The molecule has 2 heterocycles. The third-order valence-electron chi connectivity index (χ3n) is 1.40. The average Bonchev–Trinajstić information content (AvgIpc) is 2.34. The molecule has 56 valence electrons. The zero-order valence-corrected chi connectivity index (χ0v) is 6.26. The van der Waals surface area contributed by atoms with E-state index in [0.717, 1.165) is 5.52 Å². The Hall–Kier alpha value is -1.29. The molecule has 0 bridgehead atoms. The lowest BCUT2D eigenvalue weighted by atomic mass is 10.4. The van der Waals surface area contributed by atoms with Gasteiger partial charge in [-0.15, -0.1) is 0 Å². The number of fused-ring (bicyclic) bond motifs is 1. The van der Waals surface area contributed by atoms with Crippen molar-refractivity contribution in [2.45, 2.75) is 0 Å². The summed E-state index contributed by atoms with van der Waals surface area (Å²) in [5.74, 6) is 0. The number of imidazole rings is 1. The number of nitrogens with two attached hydrogens (primary N) is 1. The molecule has 11 heavy (non-hydrogen) atoms. The fourth-order valence-electron chi connectivity index (χ4n) is 0.918. The van der Waals surface area contributed by atoms with Crippen LogP contribution < -0.4 is 5.73 Å². The maximum atomic E-state index is 5.64. The first-order valence-corrected chi connectivity index (χ1v) is 3.40. The molecule has 4 nitrogen and oxygen atoms in total. The molecular weight excluding hydrogens is 164 g/mol. The second-order valence-electron chi connectivity index (χ2n) is 2.14. The van der Waals surface area contributed by atoms with Crippen molar-refractivity contribution >= 4 is 28.5 Å². The normalized spacial score (nSPS) is 10.6. The summed E-state index contributed by atoms with van der Waals surface area (Å²) in [6, 6.07) is 1.59. The van der Waals surface area contributed by atoms with Gasteiger partial charge in [-0.3, -0.25) is 0 Å². The van der Waals surface area contributed by atoms with Crippen molar-refractivity contribution in [2.75, 3.05) is 5.73 Å². The number of H-pyrrole nitrogens is 1. The van der Waals surface area contributed by atoms with E-state index in [0.29, 0.717) is 16.5 Å². The van der Waals surface area contributed by atoms with E-state index in [1.807, 2.05) is 0 Å². The molecule has 0 saturated carbocycles. The molecule has 0 atom stereocenters. The fraction of sp³-hybridized carbons (Fsp3) is 0. The topological polar surface area (TPSA) is 67.6 Å². The highest BCUT2D eigenvalue weighted by atomic mass is 35.5. The van der Waals surface area contributed by atoms with Gasteiger partial charge in [-0.2, -0.15) is 0 Å². The SMILES string of the molecule is Nc1cc(Cl)nc2nc[nH]c12. The fourth-order valence-corrected chi connectivity index (χ4v) is 1.12. The molecule has 0 aromatic carbocycles. The number of hydrogen-bond acceptors (Lipinski definition) is 3. The Morgan fingerprint density at radius 1 is 1.55 bits per heavy atom. The Morgan fingerprint density at radius 3 is 3.18 bits per heavy atom. The summed E-state index contributed by atoms with van der Waals surface area (Å²) in [5, 5.41) is 0.363. The molecule has 2 rings (SSSR count). The Bertz CT molecular complexity index is 394. The van der Waals surface area contributed by atoms with Gasteiger partial charge in [-0.1, -0.05) is 11.6 Å². The van der Waals surface area contributed by atoms with Crippen molar-refractivity contribution in [3.63, 3.8) is 0 Å². The van der Waals surface area contributed by atoms with Gasteiger partial charge in [0.2, 0.25) is 0 Å². The molecule has 0 aliphatic rings. The van der Waals surface area contributed by atoms with Crippen molar-refractivity contribution in [3.05, 3.63) is 17.5 Å². The molecule has 0 radical (unpaired) electrons. The monoisotopic (exact) mass is 168 g/mol. The molecule has 3 N–H and O–H groups in total. The van der Waals surface area contributed by atoms with E-state index < -0.39 is 0 Å². The molecule has 2 aromatic heterocycles. The third kappa shape index (κ3) is 0.914. The highest BCUT2D eigenvalue weighted by Crippen LogP contribution is 2.18. The lowest BCUT2D eigenvalue weighted by Gasteiger charge is -1.94. The summed E-state index contributed by atoms with van der Waals surface area (Å²) in [6.45, 7) is 0. The second kappa shape index (κ2) is 2.10. The van der Waals surface area contributed by atoms with Crippen molar-refractivity contribution in [2.24, 2.45) is 0 Å². The van der Waals surface area contributed by atoms with Gasteiger partial charge in [0.25, 0.3) is 0 Å². The van der Waals surface area contributed by atoms with Gasteiger partial charge in [0.05, 0.1) is 12.0 Å². The number of hydrogen-bond donors (Lipinski definition) is 2. The van der Waals surface area contributed by atoms with E-state index in [9.17, 15) is 0 Å². The lowest BCUT2D eigenvalue weighted by molar-refractivity contribution is 1.30. The van der Waals surface area contributed by atoms with Crippen molar-refractivity contribution in [1.82, 2.24) is 15.0 Å². The second-order valence-corrected chi connectivity index (χ2v) is 2.52. The molecule has 0 unspecified atom stereocenters. The van der Waals surface area contributed by atoms with E-state index in [2.05, 4.69) is 15.0 Å². The number of rotatable bonds is 0. The van der Waals surface area contributed by atoms with Gasteiger partial charge in [0.1, 0.15) is 10.7 Å². The first-order valence-electron chi connectivity index (χ1n) is 3.02. The maximum absolute atomic E-state index is 5.64. The zero-order chi connectivity index (χ0) is 7.84. The van der Waals surface area contributed by atoms with E-state index in [-0.39, 0.29) is 0 Å². The van der Waals surface area contributed by atoms with Crippen molar-refractivity contribution < 1.29 is 0 Å². The van der Waals surface area contributed by atoms with Crippen LogP contribution in [-0.2, 0) is 0 Å². The molecular formula is C6H5ClN4. The van der Waals surface area contributed by atoms with Gasteiger partial charge in [-0.25, -0.2) is 9.97 Å². The lowest BCUT2D eigenvalue weighted by Crippen LogP contribution is -1.88. The Morgan fingerprint density at radius 2 is 2.36 bits per heavy atom. The number of nitrogen functional groups attached to an aromatic ring is 1.